The second kappa shape index (κ2) is 5.47. The molecule has 0 aliphatic rings. The van der Waals surface area contributed by atoms with Crippen LogP contribution in [0.25, 0.3) is 0 Å². The van der Waals surface area contributed by atoms with Gasteiger partial charge < -0.3 is 4.74 Å². The Morgan fingerprint density at radius 1 is 1.27 bits per heavy atom. The van der Waals surface area contributed by atoms with E-state index in [-0.39, 0.29) is 13.0 Å². The largest absolute Gasteiger partial charge is 0.381 e. The molecule has 0 aliphatic heterocycles. The highest BCUT2D eigenvalue weighted by molar-refractivity contribution is 4.55. The summed E-state index contributed by atoms with van der Waals surface area (Å²) >= 11 is 0. The van der Waals surface area contributed by atoms with Crippen molar-refractivity contribution in [1.29, 1.82) is 0 Å². The molecule has 1 nitrogen and oxygen atoms in total. The molecule has 0 bridgehead atoms. The number of ether oxygens (including phenoxy) is 1. The van der Waals surface area contributed by atoms with Gasteiger partial charge in [0, 0.05) is 13.0 Å². The number of alkyl halides is 2. The maximum absolute atomic E-state index is 12.2. The van der Waals surface area contributed by atoms with E-state index in [2.05, 4.69) is 0 Å². The molecule has 0 spiro atoms. The summed E-state index contributed by atoms with van der Waals surface area (Å²) in [6, 6.07) is 0. The molecule has 0 aromatic carbocycles. The zero-order valence-corrected chi connectivity index (χ0v) is 7.20. The Labute approximate surface area is 66.7 Å². The van der Waals surface area contributed by atoms with E-state index < -0.39 is 5.92 Å². The van der Waals surface area contributed by atoms with E-state index in [1.165, 1.54) is 0 Å². The van der Waals surface area contributed by atoms with Gasteiger partial charge in [-0.2, -0.15) is 0 Å². The zero-order chi connectivity index (χ0) is 8.74. The van der Waals surface area contributed by atoms with Gasteiger partial charge in [-0.3, -0.25) is 0 Å². The first-order valence-electron chi connectivity index (χ1n) is 4.02. The SMILES string of the molecule is CCCCOCCC(C)(F)F. The van der Waals surface area contributed by atoms with E-state index in [9.17, 15) is 8.78 Å². The van der Waals surface area contributed by atoms with Crippen LogP contribution in [0.4, 0.5) is 8.78 Å². The van der Waals surface area contributed by atoms with Gasteiger partial charge in [0.05, 0.1) is 6.61 Å². The molecule has 0 saturated carbocycles. The smallest absolute Gasteiger partial charge is 0.247 e. The molecule has 0 radical (unpaired) electrons. The van der Waals surface area contributed by atoms with Crippen molar-refractivity contribution in [2.45, 2.75) is 39.0 Å². The Balaban J connectivity index is 3.02. The van der Waals surface area contributed by atoms with Crippen molar-refractivity contribution in [2.75, 3.05) is 13.2 Å². The van der Waals surface area contributed by atoms with Gasteiger partial charge in [-0.25, -0.2) is 8.78 Å². The molecule has 11 heavy (non-hydrogen) atoms. The summed E-state index contributed by atoms with van der Waals surface area (Å²) in [4.78, 5) is 0. The summed E-state index contributed by atoms with van der Waals surface area (Å²) in [6.07, 6.45) is 1.83. The van der Waals surface area contributed by atoms with Gasteiger partial charge in [-0.05, 0) is 13.3 Å². The van der Waals surface area contributed by atoms with E-state index >= 15 is 0 Å². The van der Waals surface area contributed by atoms with Crippen LogP contribution >= 0.6 is 0 Å². The average molecular weight is 166 g/mol. The first kappa shape index (κ1) is 10.8. The standard InChI is InChI=1S/C8H16F2O/c1-3-4-6-11-7-5-8(2,9)10/h3-7H2,1-2H3. The Kier molecular flexibility index (Phi) is 5.38. The molecule has 0 rings (SSSR count). The topological polar surface area (TPSA) is 9.23 Å². The van der Waals surface area contributed by atoms with Crippen molar-refractivity contribution in [3.63, 3.8) is 0 Å². The third-order valence-electron chi connectivity index (χ3n) is 1.33. The highest BCUT2D eigenvalue weighted by atomic mass is 19.3. The highest BCUT2D eigenvalue weighted by Crippen LogP contribution is 2.15. The summed E-state index contributed by atoms with van der Waals surface area (Å²) in [5.41, 5.74) is 0. The molecule has 0 atom stereocenters. The third-order valence-corrected chi connectivity index (χ3v) is 1.33. The van der Waals surface area contributed by atoms with Gasteiger partial charge >= 0.3 is 0 Å². The molecule has 3 heteroatoms. The van der Waals surface area contributed by atoms with E-state index in [1.54, 1.807) is 0 Å². The minimum absolute atomic E-state index is 0.170. The lowest BCUT2D eigenvalue weighted by atomic mass is 10.3. The number of unbranched alkanes of at least 4 members (excludes halogenated alkanes) is 1. The molecular weight excluding hydrogens is 150 g/mol. The molecule has 0 aromatic rings. The fourth-order valence-electron chi connectivity index (χ4n) is 0.600. The van der Waals surface area contributed by atoms with Gasteiger partial charge in [0.25, 0.3) is 0 Å². The molecule has 0 heterocycles. The summed E-state index contributed by atoms with van der Waals surface area (Å²) in [6.45, 7) is 3.73. The normalized spacial score (nSPS) is 12.0. The summed E-state index contributed by atoms with van der Waals surface area (Å²) in [7, 11) is 0. The van der Waals surface area contributed by atoms with Crippen LogP contribution in [0.3, 0.4) is 0 Å². The molecule has 0 amide bonds. The van der Waals surface area contributed by atoms with Crippen molar-refractivity contribution in [3.8, 4) is 0 Å². The lowest BCUT2D eigenvalue weighted by molar-refractivity contribution is -0.0166. The van der Waals surface area contributed by atoms with E-state index in [0.717, 1.165) is 19.8 Å². The number of hydrogen-bond donors (Lipinski definition) is 0. The molecular formula is C8H16F2O. The first-order valence-corrected chi connectivity index (χ1v) is 4.02. The first-order chi connectivity index (χ1) is 5.06. The van der Waals surface area contributed by atoms with Gasteiger partial charge in [-0.15, -0.1) is 0 Å². The fraction of sp³-hybridized carbons (Fsp3) is 1.00. The maximum atomic E-state index is 12.2. The van der Waals surface area contributed by atoms with Gasteiger partial charge in [0.1, 0.15) is 0 Å². The van der Waals surface area contributed by atoms with Crippen LogP contribution in [0, 0.1) is 0 Å². The Morgan fingerprint density at radius 3 is 2.36 bits per heavy atom. The van der Waals surface area contributed by atoms with Crippen LogP contribution in [0.15, 0.2) is 0 Å². The Morgan fingerprint density at radius 2 is 1.91 bits per heavy atom. The molecule has 0 aliphatic carbocycles. The average Bonchev–Trinajstić information content (AvgIpc) is 1.85. The Hall–Kier alpha value is -0.180. The van der Waals surface area contributed by atoms with Crippen molar-refractivity contribution < 1.29 is 13.5 Å². The highest BCUT2D eigenvalue weighted by Gasteiger charge is 2.19. The van der Waals surface area contributed by atoms with Gasteiger partial charge in [0.2, 0.25) is 5.92 Å². The fourth-order valence-corrected chi connectivity index (χ4v) is 0.600. The van der Waals surface area contributed by atoms with Gasteiger partial charge in [0.15, 0.2) is 0 Å². The summed E-state index contributed by atoms with van der Waals surface area (Å²) in [5.74, 6) is -2.58. The molecule has 0 unspecified atom stereocenters. The second-order valence-electron chi connectivity index (χ2n) is 2.79. The number of halogens is 2. The van der Waals surface area contributed by atoms with E-state index in [0.29, 0.717) is 6.61 Å². The predicted molar refractivity (Wildman–Crippen MR) is 41.0 cm³/mol. The van der Waals surface area contributed by atoms with E-state index in [1.807, 2.05) is 6.92 Å². The lowest BCUT2D eigenvalue weighted by Crippen LogP contribution is -2.13. The minimum Gasteiger partial charge on any atom is -0.381 e. The zero-order valence-electron chi connectivity index (χ0n) is 7.20. The lowest BCUT2D eigenvalue weighted by Gasteiger charge is -2.09. The monoisotopic (exact) mass is 166 g/mol. The van der Waals surface area contributed by atoms with Crippen molar-refractivity contribution in [3.05, 3.63) is 0 Å². The molecule has 0 saturated heterocycles. The van der Waals surface area contributed by atoms with Crippen LogP contribution in [0.2, 0.25) is 0 Å². The quantitative estimate of drug-likeness (QED) is 0.551. The molecule has 68 valence electrons. The Bertz CT molecular complexity index is 88.6. The van der Waals surface area contributed by atoms with Crippen LogP contribution in [0.1, 0.15) is 33.1 Å². The number of rotatable bonds is 6. The van der Waals surface area contributed by atoms with Crippen molar-refractivity contribution in [2.24, 2.45) is 0 Å². The number of hydrogen-bond acceptors (Lipinski definition) is 1. The van der Waals surface area contributed by atoms with Crippen LogP contribution < -0.4 is 0 Å². The predicted octanol–water partition coefficient (Wildman–Crippen LogP) is 2.85. The van der Waals surface area contributed by atoms with Crippen LogP contribution in [-0.2, 0) is 4.74 Å². The maximum Gasteiger partial charge on any atom is 0.247 e. The van der Waals surface area contributed by atoms with Crippen molar-refractivity contribution >= 4 is 0 Å². The summed E-state index contributed by atoms with van der Waals surface area (Å²) in [5, 5.41) is 0. The molecule has 0 fully saturated rings. The minimum atomic E-state index is -2.58. The molecule has 0 N–H and O–H groups in total. The van der Waals surface area contributed by atoms with Crippen LogP contribution in [-0.4, -0.2) is 19.1 Å². The second-order valence-corrected chi connectivity index (χ2v) is 2.79. The summed E-state index contributed by atoms with van der Waals surface area (Å²) < 4.78 is 29.3. The van der Waals surface area contributed by atoms with Crippen molar-refractivity contribution in [1.82, 2.24) is 0 Å². The molecule has 0 aromatic heterocycles. The van der Waals surface area contributed by atoms with Gasteiger partial charge in [-0.1, -0.05) is 13.3 Å². The van der Waals surface area contributed by atoms with Crippen LogP contribution in [0.5, 0.6) is 0 Å². The third kappa shape index (κ3) is 9.82. The van der Waals surface area contributed by atoms with E-state index in [4.69, 9.17) is 4.74 Å².